The molecule has 0 saturated carbocycles. The molecule has 0 amide bonds. The highest BCUT2D eigenvalue weighted by molar-refractivity contribution is 7.90. The van der Waals surface area contributed by atoms with Gasteiger partial charge in [-0.1, -0.05) is 19.1 Å². The minimum atomic E-state index is -3.21. The fourth-order valence-corrected chi connectivity index (χ4v) is 2.88. The summed E-state index contributed by atoms with van der Waals surface area (Å²) in [7, 11) is -3.21. The molecule has 0 aliphatic heterocycles. The monoisotopic (exact) mass is 293 g/mol. The molecule has 2 aromatic rings. The number of sulfone groups is 1. The van der Waals surface area contributed by atoms with Crippen LogP contribution in [0.5, 0.6) is 0 Å². The molecule has 1 atom stereocenters. The molecular formula is C14H19N3O2S. The van der Waals surface area contributed by atoms with E-state index in [0.717, 1.165) is 6.54 Å². The van der Waals surface area contributed by atoms with Crippen molar-refractivity contribution in [2.45, 2.75) is 18.4 Å². The zero-order valence-corrected chi connectivity index (χ0v) is 12.5. The van der Waals surface area contributed by atoms with Crippen LogP contribution in [-0.2, 0) is 16.4 Å². The number of nitrogens with zero attached hydrogens (tertiary/aromatic N) is 2. The number of benzene rings is 1. The van der Waals surface area contributed by atoms with Gasteiger partial charge in [0.25, 0.3) is 0 Å². The number of para-hydroxylation sites is 1. The van der Waals surface area contributed by atoms with Crippen LogP contribution in [0.15, 0.2) is 47.6 Å². The van der Waals surface area contributed by atoms with Crippen molar-refractivity contribution >= 4 is 15.5 Å². The first kappa shape index (κ1) is 14.6. The highest BCUT2D eigenvalue weighted by Crippen LogP contribution is 2.20. The van der Waals surface area contributed by atoms with Gasteiger partial charge < -0.3 is 5.32 Å². The van der Waals surface area contributed by atoms with Crippen LogP contribution in [0.3, 0.4) is 0 Å². The van der Waals surface area contributed by atoms with Gasteiger partial charge in [-0.2, -0.15) is 5.10 Å². The second-order valence-corrected chi connectivity index (χ2v) is 6.97. The van der Waals surface area contributed by atoms with Gasteiger partial charge in [0.2, 0.25) is 0 Å². The molecule has 0 spiro atoms. The Morgan fingerprint density at radius 3 is 2.70 bits per heavy atom. The zero-order chi connectivity index (χ0) is 14.6. The summed E-state index contributed by atoms with van der Waals surface area (Å²) in [5, 5.41) is 7.37. The van der Waals surface area contributed by atoms with E-state index in [1.807, 2.05) is 23.0 Å². The van der Waals surface area contributed by atoms with Gasteiger partial charge in [0.05, 0.1) is 10.6 Å². The lowest BCUT2D eigenvalue weighted by atomic mass is 10.2. The van der Waals surface area contributed by atoms with Gasteiger partial charge in [-0.25, -0.2) is 8.42 Å². The van der Waals surface area contributed by atoms with Crippen LogP contribution in [0, 0.1) is 5.92 Å². The lowest BCUT2D eigenvalue weighted by molar-refractivity contribution is 0.467. The quantitative estimate of drug-likeness (QED) is 0.885. The number of rotatable bonds is 6. The third-order valence-electron chi connectivity index (χ3n) is 2.99. The van der Waals surface area contributed by atoms with E-state index in [1.54, 1.807) is 24.4 Å². The molecule has 0 aliphatic carbocycles. The third-order valence-corrected chi connectivity index (χ3v) is 4.14. The van der Waals surface area contributed by atoms with Gasteiger partial charge in [-0.3, -0.25) is 4.68 Å². The molecule has 6 heteroatoms. The van der Waals surface area contributed by atoms with Gasteiger partial charge >= 0.3 is 0 Å². The fourth-order valence-electron chi connectivity index (χ4n) is 2.01. The predicted octanol–water partition coefficient (Wildman–Crippen LogP) is 2.03. The zero-order valence-electron chi connectivity index (χ0n) is 11.7. The van der Waals surface area contributed by atoms with Crippen LogP contribution in [0.4, 0.5) is 5.69 Å². The van der Waals surface area contributed by atoms with E-state index in [-0.39, 0.29) is 0 Å². The Balaban J connectivity index is 2.01. The molecule has 5 nitrogen and oxygen atoms in total. The van der Waals surface area contributed by atoms with Crippen LogP contribution < -0.4 is 5.32 Å². The topological polar surface area (TPSA) is 64.0 Å². The Bertz CT molecular complexity index is 651. The Kier molecular flexibility index (Phi) is 4.44. The molecular weight excluding hydrogens is 274 g/mol. The number of nitrogens with one attached hydrogen (secondary N) is 1. The van der Waals surface area contributed by atoms with Crippen molar-refractivity contribution in [2.75, 3.05) is 18.1 Å². The molecule has 1 aromatic carbocycles. The van der Waals surface area contributed by atoms with Crippen molar-refractivity contribution in [1.82, 2.24) is 9.78 Å². The van der Waals surface area contributed by atoms with Crippen molar-refractivity contribution in [3.05, 3.63) is 42.7 Å². The van der Waals surface area contributed by atoms with Crippen LogP contribution in [-0.4, -0.2) is 31.0 Å². The molecule has 0 fully saturated rings. The van der Waals surface area contributed by atoms with E-state index >= 15 is 0 Å². The predicted molar refractivity (Wildman–Crippen MR) is 79.4 cm³/mol. The van der Waals surface area contributed by atoms with E-state index in [9.17, 15) is 8.42 Å². The maximum Gasteiger partial charge on any atom is 0.177 e. The standard InChI is InChI=1S/C14H19N3O2S/c1-12(11-17-9-5-8-16-17)10-15-13-6-3-4-7-14(13)20(2,18)19/h3-9,12,15H,10-11H2,1-2H3/t12-/m1/s1. The number of hydrogen-bond acceptors (Lipinski definition) is 4. The number of aromatic nitrogens is 2. The first-order chi connectivity index (χ1) is 9.47. The van der Waals surface area contributed by atoms with Gasteiger partial charge in [-0.05, 0) is 24.1 Å². The fraction of sp³-hybridized carbons (Fsp3) is 0.357. The molecule has 1 heterocycles. The van der Waals surface area contributed by atoms with Gasteiger partial charge in [-0.15, -0.1) is 0 Å². The lowest BCUT2D eigenvalue weighted by Gasteiger charge is -2.15. The van der Waals surface area contributed by atoms with Crippen LogP contribution in [0.2, 0.25) is 0 Å². The summed E-state index contributed by atoms with van der Waals surface area (Å²) in [6, 6.07) is 8.86. The summed E-state index contributed by atoms with van der Waals surface area (Å²) in [6.45, 7) is 3.57. The first-order valence-electron chi connectivity index (χ1n) is 6.47. The summed E-state index contributed by atoms with van der Waals surface area (Å²) in [5.74, 6) is 0.336. The van der Waals surface area contributed by atoms with Crippen LogP contribution in [0.1, 0.15) is 6.92 Å². The van der Waals surface area contributed by atoms with Gasteiger partial charge in [0.1, 0.15) is 0 Å². The van der Waals surface area contributed by atoms with Gasteiger partial charge in [0, 0.05) is 31.7 Å². The van der Waals surface area contributed by atoms with Crippen LogP contribution >= 0.6 is 0 Å². The highest BCUT2D eigenvalue weighted by Gasteiger charge is 2.13. The Hall–Kier alpha value is -1.82. The summed E-state index contributed by atoms with van der Waals surface area (Å²) >= 11 is 0. The Labute approximate surface area is 119 Å². The van der Waals surface area contributed by atoms with Crippen molar-refractivity contribution in [1.29, 1.82) is 0 Å². The van der Waals surface area contributed by atoms with Gasteiger partial charge in [0.15, 0.2) is 9.84 Å². The molecule has 108 valence electrons. The smallest absolute Gasteiger partial charge is 0.177 e. The molecule has 0 unspecified atom stereocenters. The van der Waals surface area contributed by atoms with Crippen molar-refractivity contribution in [3.63, 3.8) is 0 Å². The molecule has 0 bridgehead atoms. The van der Waals surface area contributed by atoms with E-state index in [2.05, 4.69) is 17.3 Å². The largest absolute Gasteiger partial charge is 0.384 e. The van der Waals surface area contributed by atoms with Crippen molar-refractivity contribution in [3.8, 4) is 0 Å². The van der Waals surface area contributed by atoms with Crippen LogP contribution in [0.25, 0.3) is 0 Å². The molecule has 0 aliphatic rings. The van der Waals surface area contributed by atoms with E-state index < -0.39 is 9.84 Å². The average Bonchev–Trinajstić information content (AvgIpc) is 2.88. The molecule has 1 N–H and O–H groups in total. The Morgan fingerprint density at radius 1 is 1.30 bits per heavy atom. The number of anilines is 1. The summed E-state index contributed by atoms with van der Waals surface area (Å²) in [6.07, 6.45) is 4.89. The Morgan fingerprint density at radius 2 is 2.05 bits per heavy atom. The lowest BCUT2D eigenvalue weighted by Crippen LogP contribution is -2.18. The summed E-state index contributed by atoms with van der Waals surface area (Å²) in [4.78, 5) is 0.339. The maximum absolute atomic E-state index is 11.7. The molecule has 2 rings (SSSR count). The second kappa shape index (κ2) is 6.09. The van der Waals surface area contributed by atoms with E-state index in [4.69, 9.17) is 0 Å². The second-order valence-electron chi connectivity index (χ2n) is 4.98. The highest BCUT2D eigenvalue weighted by atomic mass is 32.2. The van der Waals surface area contributed by atoms with E-state index in [0.29, 0.717) is 23.0 Å². The number of hydrogen-bond donors (Lipinski definition) is 1. The molecule has 0 saturated heterocycles. The summed E-state index contributed by atoms with van der Waals surface area (Å²) < 4.78 is 25.3. The SMILES string of the molecule is C[C@H](CNc1ccccc1S(C)(=O)=O)Cn1cccn1. The van der Waals surface area contributed by atoms with Crippen molar-refractivity contribution in [2.24, 2.45) is 5.92 Å². The summed E-state index contributed by atoms with van der Waals surface area (Å²) in [5.41, 5.74) is 0.655. The molecule has 0 radical (unpaired) electrons. The molecule has 20 heavy (non-hydrogen) atoms. The molecule has 1 aromatic heterocycles. The van der Waals surface area contributed by atoms with E-state index in [1.165, 1.54) is 6.26 Å². The maximum atomic E-state index is 11.7. The van der Waals surface area contributed by atoms with Crippen molar-refractivity contribution < 1.29 is 8.42 Å². The minimum absolute atomic E-state index is 0.336. The first-order valence-corrected chi connectivity index (χ1v) is 8.36. The normalized spacial score (nSPS) is 13.1. The average molecular weight is 293 g/mol. The minimum Gasteiger partial charge on any atom is -0.384 e. The third kappa shape index (κ3) is 3.84.